The van der Waals surface area contributed by atoms with E-state index in [9.17, 15) is 4.39 Å². The highest BCUT2D eigenvalue weighted by Crippen LogP contribution is 2.19. The third-order valence-electron chi connectivity index (χ3n) is 3.04. The van der Waals surface area contributed by atoms with E-state index in [0.717, 1.165) is 11.3 Å². The van der Waals surface area contributed by atoms with Gasteiger partial charge in [-0.25, -0.2) is 13.9 Å². The first-order valence-electron chi connectivity index (χ1n) is 5.98. The van der Waals surface area contributed by atoms with Crippen molar-refractivity contribution in [1.82, 2.24) is 14.6 Å². The number of benzene rings is 1. The molecule has 1 aromatic carbocycles. The molecule has 2 heterocycles. The van der Waals surface area contributed by atoms with E-state index < -0.39 is 0 Å². The average Bonchev–Trinajstić information content (AvgIpc) is 2.85. The average molecular weight is 286 g/mol. The van der Waals surface area contributed by atoms with Crippen LogP contribution in [0.3, 0.4) is 0 Å². The van der Waals surface area contributed by atoms with Gasteiger partial charge in [0.2, 0.25) is 0 Å². The molecule has 100 valence electrons. The lowest BCUT2D eigenvalue weighted by molar-refractivity contribution is 0.628. The SMILES string of the molecule is Cc1ccc(C(N)=S)c2nc(-c3ccc(F)cc3)nn12. The normalized spacial score (nSPS) is 10.9. The van der Waals surface area contributed by atoms with E-state index in [2.05, 4.69) is 10.1 Å². The predicted octanol–water partition coefficient (Wildman–Crippen LogP) is 2.48. The van der Waals surface area contributed by atoms with Crippen molar-refractivity contribution < 1.29 is 4.39 Å². The van der Waals surface area contributed by atoms with Crippen molar-refractivity contribution in [2.24, 2.45) is 5.73 Å². The third kappa shape index (κ3) is 2.04. The Balaban J connectivity index is 2.24. The fourth-order valence-corrected chi connectivity index (χ4v) is 2.15. The first kappa shape index (κ1) is 12.7. The summed E-state index contributed by atoms with van der Waals surface area (Å²) in [6.07, 6.45) is 0. The quantitative estimate of drug-likeness (QED) is 0.735. The Morgan fingerprint density at radius 3 is 2.55 bits per heavy atom. The molecule has 0 saturated carbocycles. The van der Waals surface area contributed by atoms with Gasteiger partial charge in [0.25, 0.3) is 0 Å². The molecule has 0 radical (unpaired) electrons. The van der Waals surface area contributed by atoms with Gasteiger partial charge in [0.15, 0.2) is 11.5 Å². The van der Waals surface area contributed by atoms with Crippen LogP contribution in [-0.4, -0.2) is 19.6 Å². The number of aromatic nitrogens is 3. The number of fused-ring (bicyclic) bond motifs is 1. The smallest absolute Gasteiger partial charge is 0.182 e. The number of pyridine rings is 1. The Labute approximate surface area is 120 Å². The van der Waals surface area contributed by atoms with Crippen LogP contribution in [0.25, 0.3) is 17.0 Å². The van der Waals surface area contributed by atoms with Crippen molar-refractivity contribution >= 4 is 22.9 Å². The first-order chi connectivity index (χ1) is 9.56. The predicted molar refractivity (Wildman–Crippen MR) is 79.0 cm³/mol. The van der Waals surface area contributed by atoms with Gasteiger partial charge >= 0.3 is 0 Å². The largest absolute Gasteiger partial charge is 0.389 e. The second kappa shape index (κ2) is 4.64. The fraction of sp³-hybridized carbons (Fsp3) is 0.0714. The van der Waals surface area contributed by atoms with Gasteiger partial charge < -0.3 is 5.73 Å². The maximum atomic E-state index is 13.0. The Hall–Kier alpha value is -2.34. The molecule has 0 fully saturated rings. The summed E-state index contributed by atoms with van der Waals surface area (Å²) < 4.78 is 14.6. The van der Waals surface area contributed by atoms with Crippen LogP contribution in [-0.2, 0) is 0 Å². The summed E-state index contributed by atoms with van der Waals surface area (Å²) >= 11 is 5.02. The molecule has 3 aromatic rings. The van der Waals surface area contributed by atoms with E-state index >= 15 is 0 Å². The zero-order chi connectivity index (χ0) is 14.3. The molecule has 0 aliphatic heterocycles. The summed E-state index contributed by atoms with van der Waals surface area (Å²) in [5.41, 5.74) is 8.64. The number of nitrogens with zero attached hydrogens (tertiary/aromatic N) is 3. The van der Waals surface area contributed by atoms with Crippen molar-refractivity contribution in [1.29, 1.82) is 0 Å². The van der Waals surface area contributed by atoms with E-state index in [1.54, 1.807) is 16.6 Å². The number of nitrogens with two attached hydrogens (primary N) is 1. The lowest BCUT2D eigenvalue weighted by Gasteiger charge is -2.02. The first-order valence-corrected chi connectivity index (χ1v) is 6.39. The minimum Gasteiger partial charge on any atom is -0.389 e. The van der Waals surface area contributed by atoms with Crippen LogP contribution in [0, 0.1) is 12.7 Å². The standard InChI is InChI=1S/C14H11FN4S/c1-8-2-7-11(12(16)20)14-17-13(18-19(8)14)9-3-5-10(15)6-4-9/h2-7H,1H3,(H2,16,20). The molecule has 2 N–H and O–H groups in total. The molecule has 6 heteroatoms. The van der Waals surface area contributed by atoms with Crippen LogP contribution in [0.5, 0.6) is 0 Å². The molecule has 2 aromatic heterocycles. The van der Waals surface area contributed by atoms with Crippen LogP contribution in [0.2, 0.25) is 0 Å². The van der Waals surface area contributed by atoms with Gasteiger partial charge in [-0.1, -0.05) is 12.2 Å². The Morgan fingerprint density at radius 2 is 1.90 bits per heavy atom. The van der Waals surface area contributed by atoms with Crippen molar-refractivity contribution in [2.45, 2.75) is 6.92 Å². The highest BCUT2D eigenvalue weighted by atomic mass is 32.1. The molecule has 0 spiro atoms. The van der Waals surface area contributed by atoms with Gasteiger partial charge in [0, 0.05) is 11.3 Å². The Kier molecular flexibility index (Phi) is 2.94. The highest BCUT2D eigenvalue weighted by molar-refractivity contribution is 7.80. The van der Waals surface area contributed by atoms with Crippen molar-refractivity contribution in [3.63, 3.8) is 0 Å². The summed E-state index contributed by atoms with van der Waals surface area (Å²) in [7, 11) is 0. The summed E-state index contributed by atoms with van der Waals surface area (Å²) in [6.45, 7) is 1.92. The molecule has 0 atom stereocenters. The number of rotatable bonds is 2. The number of halogens is 1. The van der Waals surface area contributed by atoms with Gasteiger partial charge in [0.05, 0.1) is 5.56 Å². The third-order valence-corrected chi connectivity index (χ3v) is 3.26. The van der Waals surface area contributed by atoms with E-state index in [1.165, 1.54) is 12.1 Å². The van der Waals surface area contributed by atoms with E-state index in [-0.39, 0.29) is 10.8 Å². The van der Waals surface area contributed by atoms with Crippen LogP contribution in [0.15, 0.2) is 36.4 Å². The molecule has 0 aliphatic carbocycles. The molecule has 0 saturated heterocycles. The highest BCUT2D eigenvalue weighted by Gasteiger charge is 2.12. The summed E-state index contributed by atoms with van der Waals surface area (Å²) in [4.78, 5) is 4.73. The molecule has 0 unspecified atom stereocenters. The molecule has 0 amide bonds. The van der Waals surface area contributed by atoms with Crippen LogP contribution in [0.4, 0.5) is 4.39 Å². The number of aryl methyl sites for hydroxylation is 1. The molecular formula is C14H11FN4S. The summed E-state index contributed by atoms with van der Waals surface area (Å²) in [5, 5.41) is 4.42. The summed E-state index contributed by atoms with van der Waals surface area (Å²) in [5.74, 6) is 0.217. The number of hydrogen-bond donors (Lipinski definition) is 1. The second-order valence-electron chi connectivity index (χ2n) is 4.43. The zero-order valence-electron chi connectivity index (χ0n) is 10.7. The number of hydrogen-bond acceptors (Lipinski definition) is 3. The minimum atomic E-state index is -0.294. The van der Waals surface area contributed by atoms with E-state index in [0.29, 0.717) is 17.0 Å². The second-order valence-corrected chi connectivity index (χ2v) is 4.87. The van der Waals surface area contributed by atoms with Gasteiger partial charge in [-0.2, -0.15) is 0 Å². The summed E-state index contributed by atoms with van der Waals surface area (Å²) in [6, 6.07) is 9.74. The molecule has 20 heavy (non-hydrogen) atoms. The van der Waals surface area contributed by atoms with Gasteiger partial charge in [-0.05, 0) is 43.3 Å². The molecule has 3 rings (SSSR count). The zero-order valence-corrected chi connectivity index (χ0v) is 11.5. The van der Waals surface area contributed by atoms with Gasteiger partial charge in [0.1, 0.15) is 10.8 Å². The van der Waals surface area contributed by atoms with Gasteiger partial charge in [-0.3, -0.25) is 0 Å². The monoisotopic (exact) mass is 286 g/mol. The topological polar surface area (TPSA) is 56.2 Å². The fourth-order valence-electron chi connectivity index (χ4n) is 1.99. The molecule has 4 nitrogen and oxygen atoms in total. The lowest BCUT2D eigenvalue weighted by atomic mass is 10.2. The molecule has 0 bridgehead atoms. The molecule has 0 aliphatic rings. The van der Waals surface area contributed by atoms with Crippen LogP contribution in [0.1, 0.15) is 11.3 Å². The minimum absolute atomic E-state index is 0.271. The van der Waals surface area contributed by atoms with Crippen LogP contribution < -0.4 is 5.73 Å². The van der Waals surface area contributed by atoms with Crippen molar-refractivity contribution in [2.75, 3.05) is 0 Å². The van der Waals surface area contributed by atoms with E-state index in [4.69, 9.17) is 18.0 Å². The Morgan fingerprint density at radius 1 is 1.20 bits per heavy atom. The molecular weight excluding hydrogens is 275 g/mol. The Bertz CT molecular complexity index is 808. The van der Waals surface area contributed by atoms with Crippen molar-refractivity contribution in [3.8, 4) is 11.4 Å². The number of thiocarbonyl (C=S) groups is 1. The van der Waals surface area contributed by atoms with Crippen LogP contribution >= 0.6 is 12.2 Å². The van der Waals surface area contributed by atoms with Crippen molar-refractivity contribution in [3.05, 3.63) is 53.5 Å². The lowest BCUT2D eigenvalue weighted by Crippen LogP contribution is -2.12. The maximum absolute atomic E-state index is 13.0. The maximum Gasteiger partial charge on any atom is 0.182 e. The van der Waals surface area contributed by atoms with Gasteiger partial charge in [-0.15, -0.1) is 5.10 Å². The van der Waals surface area contributed by atoms with E-state index in [1.807, 2.05) is 19.1 Å².